The van der Waals surface area contributed by atoms with E-state index in [0.29, 0.717) is 6.10 Å². The molecule has 1 aliphatic heterocycles. The number of nitrogens with zero attached hydrogens (tertiary/aromatic N) is 2. The Kier molecular flexibility index (Phi) is 6.22. The van der Waals surface area contributed by atoms with Crippen molar-refractivity contribution in [2.24, 2.45) is 0 Å². The Morgan fingerprint density at radius 1 is 1.00 bits per heavy atom. The third-order valence-corrected chi connectivity index (χ3v) is 2.86. The highest BCUT2D eigenvalue weighted by Crippen LogP contribution is 2.02. The lowest BCUT2D eigenvalue weighted by Gasteiger charge is -2.34. The molecule has 0 saturated carbocycles. The number of hydrogen-bond donors (Lipinski definition) is 0. The van der Waals surface area contributed by atoms with Gasteiger partial charge < -0.3 is 9.64 Å². The van der Waals surface area contributed by atoms with Crippen molar-refractivity contribution < 1.29 is 4.74 Å². The molecule has 0 aromatic carbocycles. The lowest BCUT2D eigenvalue weighted by molar-refractivity contribution is 0.0448. The molecule has 1 fully saturated rings. The van der Waals surface area contributed by atoms with Gasteiger partial charge in [0.25, 0.3) is 0 Å². The molecular weight excluding hydrogens is 188 g/mol. The van der Waals surface area contributed by atoms with Gasteiger partial charge in [-0.05, 0) is 26.8 Å². The van der Waals surface area contributed by atoms with Gasteiger partial charge in [0.2, 0.25) is 0 Å². The van der Waals surface area contributed by atoms with Crippen molar-refractivity contribution in [3.63, 3.8) is 0 Å². The highest BCUT2D eigenvalue weighted by Gasteiger charge is 2.15. The summed E-state index contributed by atoms with van der Waals surface area (Å²) in [6.45, 7) is 14.6. The van der Waals surface area contributed by atoms with E-state index in [2.05, 4.69) is 30.6 Å². The minimum Gasteiger partial charge on any atom is -0.377 e. The van der Waals surface area contributed by atoms with Gasteiger partial charge in [-0.15, -0.1) is 0 Å². The zero-order valence-electron chi connectivity index (χ0n) is 10.5. The molecule has 3 nitrogen and oxygen atoms in total. The summed E-state index contributed by atoms with van der Waals surface area (Å²) in [7, 11) is 0. The SMILES string of the molecule is CCCN1CCN(CCOC(C)C)CC1. The first kappa shape index (κ1) is 12.9. The standard InChI is InChI=1S/C12H26N2O/c1-4-5-13-6-8-14(9-7-13)10-11-15-12(2)3/h12H,4-11H2,1-3H3. The highest BCUT2D eigenvalue weighted by molar-refractivity contribution is 4.71. The van der Waals surface area contributed by atoms with Gasteiger partial charge in [-0.1, -0.05) is 6.92 Å². The average molecular weight is 214 g/mol. The smallest absolute Gasteiger partial charge is 0.0596 e. The Bertz CT molecular complexity index is 154. The van der Waals surface area contributed by atoms with E-state index in [9.17, 15) is 0 Å². The summed E-state index contributed by atoms with van der Waals surface area (Å²) in [6, 6.07) is 0. The molecule has 90 valence electrons. The Morgan fingerprint density at radius 3 is 2.00 bits per heavy atom. The molecule has 1 saturated heterocycles. The minimum atomic E-state index is 0.367. The fraction of sp³-hybridized carbons (Fsp3) is 1.00. The Labute approximate surface area is 94.4 Å². The van der Waals surface area contributed by atoms with Gasteiger partial charge in [-0.2, -0.15) is 0 Å². The summed E-state index contributed by atoms with van der Waals surface area (Å²) in [6.07, 6.45) is 1.64. The van der Waals surface area contributed by atoms with Crippen LogP contribution in [0.15, 0.2) is 0 Å². The molecule has 0 aliphatic carbocycles. The lowest BCUT2D eigenvalue weighted by Crippen LogP contribution is -2.47. The van der Waals surface area contributed by atoms with Crippen LogP contribution in [0.1, 0.15) is 27.2 Å². The van der Waals surface area contributed by atoms with Gasteiger partial charge in [-0.3, -0.25) is 4.90 Å². The second kappa shape index (κ2) is 7.20. The number of piperazine rings is 1. The van der Waals surface area contributed by atoms with E-state index in [1.165, 1.54) is 39.1 Å². The van der Waals surface area contributed by atoms with Crippen LogP contribution in [-0.4, -0.2) is 61.8 Å². The summed E-state index contributed by atoms with van der Waals surface area (Å²) >= 11 is 0. The van der Waals surface area contributed by atoms with Gasteiger partial charge in [0, 0.05) is 32.7 Å². The summed E-state index contributed by atoms with van der Waals surface area (Å²) in [5.41, 5.74) is 0. The van der Waals surface area contributed by atoms with Crippen molar-refractivity contribution in [3.05, 3.63) is 0 Å². The summed E-state index contributed by atoms with van der Waals surface area (Å²) in [5.74, 6) is 0. The molecule has 0 radical (unpaired) electrons. The van der Waals surface area contributed by atoms with Gasteiger partial charge in [0.05, 0.1) is 12.7 Å². The molecule has 1 rings (SSSR count). The van der Waals surface area contributed by atoms with Gasteiger partial charge in [-0.25, -0.2) is 0 Å². The van der Waals surface area contributed by atoms with Crippen LogP contribution in [0.25, 0.3) is 0 Å². The van der Waals surface area contributed by atoms with E-state index in [1.54, 1.807) is 0 Å². The molecule has 0 atom stereocenters. The van der Waals surface area contributed by atoms with Gasteiger partial charge in [0.15, 0.2) is 0 Å². The molecule has 0 spiro atoms. The molecule has 0 unspecified atom stereocenters. The molecule has 0 aromatic heterocycles. The van der Waals surface area contributed by atoms with Crippen LogP contribution in [0.5, 0.6) is 0 Å². The zero-order valence-corrected chi connectivity index (χ0v) is 10.5. The fourth-order valence-corrected chi connectivity index (χ4v) is 1.97. The van der Waals surface area contributed by atoms with Crippen LogP contribution in [-0.2, 0) is 4.74 Å². The van der Waals surface area contributed by atoms with Crippen LogP contribution >= 0.6 is 0 Å². The van der Waals surface area contributed by atoms with Crippen LogP contribution in [0.2, 0.25) is 0 Å². The zero-order chi connectivity index (χ0) is 11.1. The van der Waals surface area contributed by atoms with Gasteiger partial charge in [0.1, 0.15) is 0 Å². The maximum atomic E-state index is 5.56. The topological polar surface area (TPSA) is 15.7 Å². The fourth-order valence-electron chi connectivity index (χ4n) is 1.97. The van der Waals surface area contributed by atoms with Crippen molar-refractivity contribution >= 4 is 0 Å². The second-order valence-corrected chi connectivity index (χ2v) is 4.60. The Balaban J connectivity index is 2.04. The first-order valence-corrected chi connectivity index (χ1v) is 6.28. The van der Waals surface area contributed by atoms with E-state index >= 15 is 0 Å². The Morgan fingerprint density at radius 2 is 1.53 bits per heavy atom. The van der Waals surface area contributed by atoms with Crippen molar-refractivity contribution in [1.29, 1.82) is 0 Å². The quantitative estimate of drug-likeness (QED) is 0.665. The Hall–Kier alpha value is -0.120. The maximum absolute atomic E-state index is 5.56. The van der Waals surface area contributed by atoms with Crippen molar-refractivity contribution in [1.82, 2.24) is 9.80 Å². The molecule has 1 heterocycles. The van der Waals surface area contributed by atoms with Crippen LogP contribution in [0.4, 0.5) is 0 Å². The average Bonchev–Trinajstić information content (AvgIpc) is 2.20. The van der Waals surface area contributed by atoms with E-state index in [0.717, 1.165) is 13.2 Å². The number of hydrogen-bond acceptors (Lipinski definition) is 3. The minimum absolute atomic E-state index is 0.367. The maximum Gasteiger partial charge on any atom is 0.0596 e. The lowest BCUT2D eigenvalue weighted by atomic mass is 10.3. The van der Waals surface area contributed by atoms with E-state index in [-0.39, 0.29) is 0 Å². The highest BCUT2D eigenvalue weighted by atomic mass is 16.5. The summed E-state index contributed by atoms with van der Waals surface area (Å²) < 4.78 is 5.56. The number of rotatable bonds is 6. The molecular formula is C12H26N2O. The molecule has 1 aliphatic rings. The summed E-state index contributed by atoms with van der Waals surface area (Å²) in [5, 5.41) is 0. The molecule has 3 heteroatoms. The van der Waals surface area contributed by atoms with Crippen molar-refractivity contribution in [2.75, 3.05) is 45.9 Å². The van der Waals surface area contributed by atoms with Crippen molar-refractivity contribution in [2.45, 2.75) is 33.3 Å². The van der Waals surface area contributed by atoms with Crippen LogP contribution < -0.4 is 0 Å². The van der Waals surface area contributed by atoms with Crippen molar-refractivity contribution in [3.8, 4) is 0 Å². The molecule has 0 aromatic rings. The molecule has 0 N–H and O–H groups in total. The normalized spacial score (nSPS) is 20.0. The summed E-state index contributed by atoms with van der Waals surface area (Å²) in [4.78, 5) is 5.06. The molecule has 15 heavy (non-hydrogen) atoms. The van der Waals surface area contributed by atoms with Crippen LogP contribution in [0.3, 0.4) is 0 Å². The predicted octanol–water partition coefficient (Wildman–Crippen LogP) is 1.44. The predicted molar refractivity (Wildman–Crippen MR) is 64.3 cm³/mol. The third-order valence-electron chi connectivity index (χ3n) is 2.86. The van der Waals surface area contributed by atoms with E-state index < -0.39 is 0 Å². The van der Waals surface area contributed by atoms with Gasteiger partial charge >= 0.3 is 0 Å². The van der Waals surface area contributed by atoms with E-state index in [1.807, 2.05) is 0 Å². The first-order valence-electron chi connectivity index (χ1n) is 6.28. The van der Waals surface area contributed by atoms with Crippen LogP contribution in [0, 0.1) is 0 Å². The first-order chi connectivity index (χ1) is 7.22. The van der Waals surface area contributed by atoms with E-state index in [4.69, 9.17) is 4.74 Å². The second-order valence-electron chi connectivity index (χ2n) is 4.60. The molecule has 0 bridgehead atoms. The molecule has 0 amide bonds. The monoisotopic (exact) mass is 214 g/mol. The third kappa shape index (κ3) is 5.50. The number of ether oxygens (including phenoxy) is 1. The largest absolute Gasteiger partial charge is 0.377 e.